The van der Waals surface area contributed by atoms with Crippen LogP contribution in [0.25, 0.3) is 16.9 Å². The van der Waals surface area contributed by atoms with Crippen molar-refractivity contribution in [2.45, 2.75) is 6.92 Å². The van der Waals surface area contributed by atoms with Crippen molar-refractivity contribution in [2.75, 3.05) is 0 Å². The summed E-state index contributed by atoms with van der Waals surface area (Å²) < 4.78 is 1.94. The van der Waals surface area contributed by atoms with Gasteiger partial charge < -0.3 is 9.67 Å². The van der Waals surface area contributed by atoms with Crippen LogP contribution in [0.15, 0.2) is 66.9 Å². The Balaban J connectivity index is 2.28. The molecular formula is C18H15NO2. The minimum Gasteiger partial charge on any atom is -0.478 e. The Labute approximate surface area is 123 Å². The number of rotatable bonds is 3. The number of para-hydroxylation sites is 1. The van der Waals surface area contributed by atoms with Crippen LogP contribution in [-0.2, 0) is 0 Å². The largest absolute Gasteiger partial charge is 0.478 e. The molecule has 3 rings (SSSR count). The average Bonchev–Trinajstić information content (AvgIpc) is 2.93. The number of aromatic nitrogens is 1. The van der Waals surface area contributed by atoms with Gasteiger partial charge in [-0.25, -0.2) is 4.79 Å². The van der Waals surface area contributed by atoms with Crippen LogP contribution in [0.3, 0.4) is 0 Å². The van der Waals surface area contributed by atoms with E-state index in [9.17, 15) is 9.90 Å². The zero-order valence-electron chi connectivity index (χ0n) is 11.7. The highest BCUT2D eigenvalue weighted by Gasteiger charge is 2.18. The highest BCUT2D eigenvalue weighted by molar-refractivity contribution is 5.95. The molecule has 0 saturated heterocycles. The van der Waals surface area contributed by atoms with Gasteiger partial charge in [-0.3, -0.25) is 0 Å². The van der Waals surface area contributed by atoms with Crippen LogP contribution >= 0.6 is 0 Å². The lowest BCUT2D eigenvalue weighted by atomic mass is 10.1. The van der Waals surface area contributed by atoms with E-state index in [1.807, 2.05) is 72.3 Å². The summed E-state index contributed by atoms with van der Waals surface area (Å²) in [6.45, 7) is 2.02. The number of carboxylic acid groups (broad SMARTS) is 1. The SMILES string of the molecule is Cc1ccccc1-n1ccc(C(=O)O)c1-c1ccccc1. The van der Waals surface area contributed by atoms with Crippen LogP contribution in [0.1, 0.15) is 15.9 Å². The van der Waals surface area contributed by atoms with Gasteiger partial charge in [0.25, 0.3) is 0 Å². The highest BCUT2D eigenvalue weighted by atomic mass is 16.4. The van der Waals surface area contributed by atoms with Gasteiger partial charge in [0, 0.05) is 11.9 Å². The molecule has 1 heterocycles. The highest BCUT2D eigenvalue weighted by Crippen LogP contribution is 2.29. The van der Waals surface area contributed by atoms with E-state index in [0.29, 0.717) is 11.3 Å². The quantitative estimate of drug-likeness (QED) is 0.781. The molecule has 0 aliphatic rings. The minimum atomic E-state index is -0.916. The molecule has 0 aliphatic carbocycles. The van der Waals surface area contributed by atoms with Gasteiger partial charge in [-0.05, 0) is 30.2 Å². The van der Waals surface area contributed by atoms with Gasteiger partial charge in [0.05, 0.1) is 11.3 Å². The van der Waals surface area contributed by atoms with Crippen molar-refractivity contribution in [2.24, 2.45) is 0 Å². The molecule has 1 N–H and O–H groups in total. The second kappa shape index (κ2) is 5.29. The lowest BCUT2D eigenvalue weighted by molar-refractivity contribution is 0.0698. The van der Waals surface area contributed by atoms with Crippen LogP contribution < -0.4 is 0 Å². The first-order valence-electron chi connectivity index (χ1n) is 6.74. The van der Waals surface area contributed by atoms with Crippen LogP contribution in [0, 0.1) is 6.92 Å². The molecule has 104 valence electrons. The van der Waals surface area contributed by atoms with E-state index in [2.05, 4.69) is 0 Å². The first-order chi connectivity index (χ1) is 10.2. The summed E-state index contributed by atoms with van der Waals surface area (Å²) in [5.41, 5.74) is 4.00. The van der Waals surface area contributed by atoms with Crippen LogP contribution in [0.2, 0.25) is 0 Å². The first kappa shape index (κ1) is 13.2. The van der Waals surface area contributed by atoms with Gasteiger partial charge in [0.15, 0.2) is 0 Å². The summed E-state index contributed by atoms with van der Waals surface area (Å²) in [4.78, 5) is 11.5. The first-order valence-corrected chi connectivity index (χ1v) is 6.74. The summed E-state index contributed by atoms with van der Waals surface area (Å²) in [7, 11) is 0. The zero-order chi connectivity index (χ0) is 14.8. The molecule has 0 radical (unpaired) electrons. The summed E-state index contributed by atoms with van der Waals surface area (Å²) in [5, 5.41) is 9.44. The van der Waals surface area contributed by atoms with Crippen molar-refractivity contribution in [3.8, 4) is 16.9 Å². The standard InChI is InChI=1S/C18H15NO2/c1-13-7-5-6-10-16(13)19-12-11-15(18(20)21)17(19)14-8-3-2-4-9-14/h2-12H,1H3,(H,20,21). The second-order valence-electron chi connectivity index (χ2n) is 4.91. The van der Waals surface area contributed by atoms with E-state index < -0.39 is 5.97 Å². The lowest BCUT2D eigenvalue weighted by Gasteiger charge is -2.13. The normalized spacial score (nSPS) is 10.5. The smallest absolute Gasteiger partial charge is 0.337 e. The van der Waals surface area contributed by atoms with Crippen molar-refractivity contribution in [1.82, 2.24) is 4.57 Å². The Morgan fingerprint density at radius 2 is 1.62 bits per heavy atom. The van der Waals surface area contributed by atoms with Crippen molar-refractivity contribution in [1.29, 1.82) is 0 Å². The van der Waals surface area contributed by atoms with Crippen molar-refractivity contribution in [3.63, 3.8) is 0 Å². The number of carboxylic acids is 1. The van der Waals surface area contributed by atoms with Crippen molar-refractivity contribution >= 4 is 5.97 Å². The number of hydrogen-bond donors (Lipinski definition) is 1. The maximum Gasteiger partial charge on any atom is 0.337 e. The summed E-state index contributed by atoms with van der Waals surface area (Å²) in [5.74, 6) is -0.916. The monoisotopic (exact) mass is 277 g/mol. The molecule has 3 aromatic rings. The molecule has 0 fully saturated rings. The summed E-state index contributed by atoms with van der Waals surface area (Å²) in [6, 6.07) is 19.2. The van der Waals surface area contributed by atoms with E-state index in [4.69, 9.17) is 0 Å². The predicted molar refractivity (Wildman–Crippen MR) is 82.9 cm³/mol. The third-order valence-corrected chi connectivity index (χ3v) is 3.54. The molecule has 0 spiro atoms. The molecule has 3 heteroatoms. The molecule has 0 saturated carbocycles. The van der Waals surface area contributed by atoms with E-state index >= 15 is 0 Å². The molecular weight excluding hydrogens is 262 g/mol. The summed E-state index contributed by atoms with van der Waals surface area (Å²) >= 11 is 0. The maximum atomic E-state index is 11.5. The third-order valence-electron chi connectivity index (χ3n) is 3.54. The molecule has 0 amide bonds. The number of aromatic carboxylic acids is 1. The maximum absolute atomic E-state index is 11.5. The number of aryl methyl sites for hydroxylation is 1. The number of carbonyl (C=O) groups is 1. The number of nitrogens with zero attached hydrogens (tertiary/aromatic N) is 1. The topological polar surface area (TPSA) is 42.2 Å². The van der Waals surface area contributed by atoms with Gasteiger partial charge in [0.1, 0.15) is 0 Å². The predicted octanol–water partition coefficient (Wildman–Crippen LogP) is 4.15. The van der Waals surface area contributed by atoms with Gasteiger partial charge in [-0.1, -0.05) is 48.5 Å². The fraction of sp³-hybridized carbons (Fsp3) is 0.0556. The van der Waals surface area contributed by atoms with E-state index in [-0.39, 0.29) is 0 Å². The van der Waals surface area contributed by atoms with Crippen LogP contribution in [0.5, 0.6) is 0 Å². The zero-order valence-corrected chi connectivity index (χ0v) is 11.7. The third kappa shape index (κ3) is 2.34. The van der Waals surface area contributed by atoms with E-state index in [0.717, 1.165) is 16.8 Å². The van der Waals surface area contributed by atoms with Crippen molar-refractivity contribution in [3.05, 3.63) is 78.0 Å². The molecule has 0 bridgehead atoms. The Kier molecular flexibility index (Phi) is 3.32. The van der Waals surface area contributed by atoms with Crippen LogP contribution in [0.4, 0.5) is 0 Å². The molecule has 21 heavy (non-hydrogen) atoms. The van der Waals surface area contributed by atoms with Crippen LogP contribution in [-0.4, -0.2) is 15.6 Å². The fourth-order valence-corrected chi connectivity index (χ4v) is 2.53. The van der Waals surface area contributed by atoms with Gasteiger partial charge in [0.2, 0.25) is 0 Å². The number of benzene rings is 2. The van der Waals surface area contributed by atoms with E-state index in [1.54, 1.807) is 6.07 Å². The molecule has 0 aliphatic heterocycles. The van der Waals surface area contributed by atoms with Crippen molar-refractivity contribution < 1.29 is 9.90 Å². The Morgan fingerprint density at radius 1 is 0.952 bits per heavy atom. The second-order valence-corrected chi connectivity index (χ2v) is 4.91. The minimum absolute atomic E-state index is 0.310. The Hall–Kier alpha value is -2.81. The van der Waals surface area contributed by atoms with Gasteiger partial charge >= 0.3 is 5.97 Å². The molecule has 2 aromatic carbocycles. The number of hydrogen-bond acceptors (Lipinski definition) is 1. The lowest BCUT2D eigenvalue weighted by Crippen LogP contribution is -2.02. The van der Waals surface area contributed by atoms with Gasteiger partial charge in [-0.2, -0.15) is 0 Å². The average molecular weight is 277 g/mol. The Morgan fingerprint density at radius 3 is 2.29 bits per heavy atom. The summed E-state index contributed by atoms with van der Waals surface area (Å²) in [6.07, 6.45) is 1.81. The molecule has 0 atom stereocenters. The molecule has 1 aromatic heterocycles. The molecule has 0 unspecified atom stereocenters. The Bertz CT molecular complexity index is 788. The van der Waals surface area contributed by atoms with E-state index in [1.165, 1.54) is 0 Å². The van der Waals surface area contributed by atoms with Gasteiger partial charge in [-0.15, -0.1) is 0 Å². The molecule has 3 nitrogen and oxygen atoms in total. The fourth-order valence-electron chi connectivity index (χ4n) is 2.53.